The highest BCUT2D eigenvalue weighted by Crippen LogP contribution is 2.31. The molecule has 0 saturated heterocycles. The number of aryl methyl sites for hydroxylation is 1. The number of aliphatic hydroxyl groups excluding tert-OH is 1. The van der Waals surface area contributed by atoms with Gasteiger partial charge in [-0.3, -0.25) is 14.3 Å². The third-order valence-electron chi connectivity index (χ3n) is 5.06. The van der Waals surface area contributed by atoms with Crippen LogP contribution in [0.3, 0.4) is 0 Å². The van der Waals surface area contributed by atoms with Crippen LogP contribution in [0.2, 0.25) is 0 Å². The number of rotatable bonds is 7. The van der Waals surface area contributed by atoms with Gasteiger partial charge in [-0.1, -0.05) is 0 Å². The Labute approximate surface area is 198 Å². The summed E-state index contributed by atoms with van der Waals surface area (Å²) in [6, 6.07) is 8.04. The van der Waals surface area contributed by atoms with Crippen molar-refractivity contribution < 1.29 is 36.5 Å². The van der Waals surface area contributed by atoms with Gasteiger partial charge in [-0.25, -0.2) is 18.6 Å². The van der Waals surface area contributed by atoms with Crippen molar-refractivity contribution in [2.45, 2.75) is 19.0 Å². The largest absolute Gasteiger partial charge is 0.573 e. The van der Waals surface area contributed by atoms with Gasteiger partial charge in [-0.05, 0) is 42.5 Å². The molecule has 0 spiro atoms. The minimum absolute atomic E-state index is 0.0425. The summed E-state index contributed by atoms with van der Waals surface area (Å²) in [5.41, 5.74) is -1.67. The normalized spacial score (nSPS) is 12.6. The summed E-state index contributed by atoms with van der Waals surface area (Å²) in [7, 11) is 1.45. The van der Waals surface area contributed by atoms with Gasteiger partial charge >= 0.3 is 12.1 Å². The Morgan fingerprint density at radius 3 is 2.39 bits per heavy atom. The molecule has 9 nitrogen and oxygen atoms in total. The van der Waals surface area contributed by atoms with Gasteiger partial charge < -0.3 is 19.1 Å². The lowest BCUT2D eigenvalue weighted by atomic mass is 10.2. The molecule has 0 saturated carbocycles. The lowest BCUT2D eigenvalue weighted by Gasteiger charge is -2.11. The van der Waals surface area contributed by atoms with Crippen LogP contribution in [-0.4, -0.2) is 43.3 Å². The molecule has 0 fully saturated rings. The molecule has 2 aromatic heterocycles. The molecule has 190 valence electrons. The van der Waals surface area contributed by atoms with E-state index in [9.17, 15) is 36.6 Å². The van der Waals surface area contributed by atoms with E-state index in [2.05, 4.69) is 14.7 Å². The number of H-pyrrole nitrogens is 1. The van der Waals surface area contributed by atoms with Crippen LogP contribution < -0.4 is 20.7 Å². The number of halogens is 5. The number of hydrogen-bond acceptors (Lipinski definition) is 6. The fourth-order valence-electron chi connectivity index (χ4n) is 3.49. The second-order valence-corrected chi connectivity index (χ2v) is 7.61. The molecule has 2 aromatic carbocycles. The van der Waals surface area contributed by atoms with Crippen molar-refractivity contribution in [3.8, 4) is 28.6 Å². The van der Waals surface area contributed by atoms with Crippen LogP contribution in [0.5, 0.6) is 17.2 Å². The average Bonchev–Trinajstić information content (AvgIpc) is 3.15. The molecule has 1 atom stereocenters. The first-order valence-electron chi connectivity index (χ1n) is 10.2. The predicted octanol–water partition coefficient (Wildman–Crippen LogP) is 3.25. The van der Waals surface area contributed by atoms with Crippen LogP contribution in [0.15, 0.2) is 52.1 Å². The summed E-state index contributed by atoms with van der Waals surface area (Å²) in [6.45, 7) is -1.59. The minimum Gasteiger partial charge on any atom is -0.454 e. The number of imidazole rings is 1. The molecule has 4 rings (SSSR count). The maximum absolute atomic E-state index is 14.8. The summed E-state index contributed by atoms with van der Waals surface area (Å²) in [5.74, 6) is -1.44. The van der Waals surface area contributed by atoms with Gasteiger partial charge in [0.05, 0.1) is 6.54 Å². The summed E-state index contributed by atoms with van der Waals surface area (Å²) >= 11 is 0. The monoisotopic (exact) mass is 512 g/mol. The van der Waals surface area contributed by atoms with Gasteiger partial charge in [0.1, 0.15) is 30.1 Å². The van der Waals surface area contributed by atoms with Gasteiger partial charge in [0.2, 0.25) is 0 Å². The number of nitrogens with zero attached hydrogens (tertiary/aromatic N) is 3. The van der Waals surface area contributed by atoms with Crippen LogP contribution in [-0.2, 0) is 13.6 Å². The van der Waals surface area contributed by atoms with Crippen LogP contribution in [0.1, 0.15) is 0 Å². The fourth-order valence-corrected chi connectivity index (χ4v) is 3.49. The summed E-state index contributed by atoms with van der Waals surface area (Å²) in [5, 5.41) is 9.63. The molecule has 0 radical (unpaired) electrons. The number of aliphatic hydroxyl groups is 1. The molecule has 0 amide bonds. The van der Waals surface area contributed by atoms with E-state index in [1.807, 2.05) is 0 Å². The smallest absolute Gasteiger partial charge is 0.454 e. The Bertz CT molecular complexity index is 1530. The second-order valence-electron chi connectivity index (χ2n) is 7.61. The maximum Gasteiger partial charge on any atom is 0.573 e. The molecule has 36 heavy (non-hydrogen) atoms. The average molecular weight is 512 g/mol. The Hall–Kier alpha value is -4.20. The van der Waals surface area contributed by atoms with Crippen LogP contribution in [0.25, 0.3) is 22.6 Å². The van der Waals surface area contributed by atoms with E-state index in [-0.39, 0.29) is 34.1 Å². The van der Waals surface area contributed by atoms with Crippen molar-refractivity contribution >= 4 is 11.2 Å². The molecule has 0 aliphatic carbocycles. The highest BCUT2D eigenvalue weighted by atomic mass is 19.4. The van der Waals surface area contributed by atoms with Crippen molar-refractivity contribution in [1.82, 2.24) is 19.1 Å². The molecule has 0 aliphatic rings. The lowest BCUT2D eigenvalue weighted by molar-refractivity contribution is -0.274. The Balaban J connectivity index is 1.66. The number of alkyl halides is 4. The number of ether oxygens (including phenoxy) is 2. The zero-order valence-electron chi connectivity index (χ0n) is 18.3. The van der Waals surface area contributed by atoms with E-state index in [0.29, 0.717) is 0 Å². The van der Waals surface area contributed by atoms with Gasteiger partial charge in [0.25, 0.3) is 5.56 Å². The van der Waals surface area contributed by atoms with E-state index in [4.69, 9.17) is 4.74 Å². The molecule has 14 heteroatoms. The third kappa shape index (κ3) is 5.07. The topological polar surface area (TPSA) is 111 Å². The number of aromatic nitrogens is 4. The van der Waals surface area contributed by atoms with Gasteiger partial charge in [-0.2, -0.15) is 0 Å². The van der Waals surface area contributed by atoms with Crippen molar-refractivity contribution in [2.75, 3.05) is 6.67 Å². The molecule has 2 N–H and O–H groups in total. The van der Waals surface area contributed by atoms with E-state index >= 15 is 0 Å². The van der Waals surface area contributed by atoms with Crippen LogP contribution >= 0.6 is 0 Å². The number of aromatic amines is 1. The molecule has 0 aliphatic heterocycles. The van der Waals surface area contributed by atoms with Crippen molar-refractivity contribution in [1.29, 1.82) is 0 Å². The van der Waals surface area contributed by atoms with E-state index in [0.717, 1.165) is 34.9 Å². The summed E-state index contributed by atoms with van der Waals surface area (Å²) in [6.07, 6.45) is -6.36. The second kappa shape index (κ2) is 9.45. The molecular formula is C22H17F5N4O5. The molecule has 1 unspecified atom stereocenters. The van der Waals surface area contributed by atoms with Crippen molar-refractivity contribution in [2.24, 2.45) is 7.05 Å². The Morgan fingerprint density at radius 1 is 1.11 bits per heavy atom. The highest BCUT2D eigenvalue weighted by molar-refractivity contribution is 5.77. The Morgan fingerprint density at radius 2 is 1.78 bits per heavy atom. The van der Waals surface area contributed by atoms with Gasteiger partial charge in [0, 0.05) is 12.6 Å². The first kappa shape index (κ1) is 24.9. The van der Waals surface area contributed by atoms with Crippen molar-refractivity contribution in [3.63, 3.8) is 0 Å². The predicted molar refractivity (Wildman–Crippen MR) is 116 cm³/mol. The zero-order chi connectivity index (χ0) is 26.2. The third-order valence-corrected chi connectivity index (χ3v) is 5.06. The molecular weight excluding hydrogens is 495 g/mol. The van der Waals surface area contributed by atoms with Crippen LogP contribution in [0.4, 0.5) is 22.0 Å². The first-order chi connectivity index (χ1) is 17.0. The Kier molecular flexibility index (Phi) is 6.54. The maximum atomic E-state index is 14.8. The van der Waals surface area contributed by atoms with E-state index < -0.39 is 48.5 Å². The summed E-state index contributed by atoms with van der Waals surface area (Å²) < 4.78 is 75.8. The number of hydrogen-bond donors (Lipinski definition) is 2. The highest BCUT2D eigenvalue weighted by Gasteiger charge is 2.31. The SMILES string of the molecule is Cn1c(-c2ccc(Oc3ccc(OC(F)(F)F)cc3)c(F)c2)nc2c1c(=O)[nH]c(=O)n2CC(O)CF. The quantitative estimate of drug-likeness (QED) is 0.368. The van der Waals surface area contributed by atoms with Gasteiger partial charge in [0.15, 0.2) is 22.7 Å². The lowest BCUT2D eigenvalue weighted by Crippen LogP contribution is -2.34. The first-order valence-corrected chi connectivity index (χ1v) is 10.2. The zero-order valence-corrected chi connectivity index (χ0v) is 18.3. The molecule has 0 bridgehead atoms. The minimum atomic E-state index is -4.85. The summed E-state index contributed by atoms with van der Waals surface area (Å²) in [4.78, 5) is 30.9. The molecule has 4 aromatic rings. The number of nitrogens with one attached hydrogen (secondary N) is 1. The molecule has 2 heterocycles. The van der Waals surface area contributed by atoms with Crippen molar-refractivity contribution in [3.05, 3.63) is 69.1 Å². The number of fused-ring (bicyclic) bond motifs is 1. The standard InChI is InChI=1S/C22H17F5N4O5/c1-30-17-19(31(10-12(32)9-23)21(34)29-20(17)33)28-18(30)11-2-7-16(15(24)8-11)35-13-3-5-14(6-4-13)36-22(25,26)27/h2-8,12,32H,9-10H2,1H3,(H,29,33,34). The van der Waals surface area contributed by atoms with Crippen LogP contribution in [0, 0.1) is 5.82 Å². The van der Waals surface area contributed by atoms with E-state index in [1.54, 1.807) is 0 Å². The fraction of sp³-hybridized carbons (Fsp3) is 0.227. The van der Waals surface area contributed by atoms with Gasteiger partial charge in [-0.15, -0.1) is 13.2 Å². The number of benzene rings is 2. The van der Waals surface area contributed by atoms with E-state index in [1.165, 1.54) is 23.7 Å².